The second-order valence-corrected chi connectivity index (χ2v) is 4.94. The quantitative estimate of drug-likeness (QED) is 0.792. The molecule has 1 heterocycles. The lowest BCUT2D eigenvalue weighted by molar-refractivity contribution is -0.149. The number of hydrogen-bond acceptors (Lipinski definition) is 4. The Morgan fingerprint density at radius 2 is 2.05 bits per heavy atom. The lowest BCUT2D eigenvalue weighted by Crippen LogP contribution is -2.44. The van der Waals surface area contributed by atoms with Crippen LogP contribution >= 0.6 is 0 Å². The third-order valence-corrected chi connectivity index (χ3v) is 3.48. The molecule has 0 saturated carbocycles. The van der Waals surface area contributed by atoms with Crippen LogP contribution in [0.15, 0.2) is 24.3 Å². The maximum absolute atomic E-state index is 12.8. The highest BCUT2D eigenvalue weighted by atomic mass is 19.1. The van der Waals surface area contributed by atoms with Crippen LogP contribution in [0.1, 0.15) is 12.8 Å². The Hall–Kier alpha value is -2.11. The zero-order valence-corrected chi connectivity index (χ0v) is 11.9. The molecule has 0 unspecified atom stereocenters. The predicted octanol–water partition coefficient (Wildman–Crippen LogP) is 1.62. The molecule has 1 aromatic rings. The van der Waals surface area contributed by atoms with Crippen LogP contribution in [0.5, 0.6) is 5.75 Å². The predicted molar refractivity (Wildman–Crippen MR) is 73.2 cm³/mol. The smallest absolute Gasteiger partial charge is 0.310 e. The number of likely N-dealkylation sites (tertiary alicyclic amines) is 1. The van der Waals surface area contributed by atoms with Crippen molar-refractivity contribution in [2.45, 2.75) is 12.8 Å². The van der Waals surface area contributed by atoms with Gasteiger partial charge in [-0.05, 0) is 37.1 Å². The lowest BCUT2D eigenvalue weighted by atomic mass is 9.98. The normalized spacial score (nSPS) is 18.2. The number of ether oxygens (including phenoxy) is 2. The molecule has 0 aliphatic carbocycles. The van der Waals surface area contributed by atoms with E-state index < -0.39 is 0 Å². The summed E-state index contributed by atoms with van der Waals surface area (Å²) in [5, 5.41) is 0. The Balaban J connectivity index is 1.85. The summed E-state index contributed by atoms with van der Waals surface area (Å²) in [5.74, 6) is -0.657. The summed E-state index contributed by atoms with van der Waals surface area (Å²) >= 11 is 0. The van der Waals surface area contributed by atoms with E-state index in [9.17, 15) is 14.0 Å². The summed E-state index contributed by atoms with van der Waals surface area (Å²) in [5.41, 5.74) is 0. The number of hydrogen-bond donors (Lipinski definition) is 0. The number of piperidine rings is 1. The molecule has 1 aromatic carbocycles. The molecular formula is C15H18FNO4. The van der Waals surface area contributed by atoms with E-state index in [2.05, 4.69) is 0 Å². The van der Waals surface area contributed by atoms with Gasteiger partial charge in [0.15, 0.2) is 6.61 Å². The van der Waals surface area contributed by atoms with E-state index in [4.69, 9.17) is 9.47 Å². The van der Waals surface area contributed by atoms with Crippen LogP contribution in [0.4, 0.5) is 4.39 Å². The average Bonchev–Trinajstić information content (AvgIpc) is 2.53. The third-order valence-electron chi connectivity index (χ3n) is 3.48. The van der Waals surface area contributed by atoms with Gasteiger partial charge in [-0.25, -0.2) is 4.39 Å². The number of methoxy groups -OCH3 is 1. The van der Waals surface area contributed by atoms with E-state index in [1.807, 2.05) is 0 Å². The second kappa shape index (κ2) is 7.06. The number of rotatable bonds is 4. The van der Waals surface area contributed by atoms with E-state index in [0.29, 0.717) is 18.8 Å². The van der Waals surface area contributed by atoms with Gasteiger partial charge in [0.25, 0.3) is 5.91 Å². The Morgan fingerprint density at radius 1 is 1.33 bits per heavy atom. The van der Waals surface area contributed by atoms with Crippen molar-refractivity contribution in [2.75, 3.05) is 26.8 Å². The number of esters is 1. The fraction of sp³-hybridized carbons (Fsp3) is 0.467. The Morgan fingerprint density at radius 3 is 2.71 bits per heavy atom. The molecule has 0 radical (unpaired) electrons. The molecule has 21 heavy (non-hydrogen) atoms. The van der Waals surface area contributed by atoms with Crippen LogP contribution in [0.25, 0.3) is 0 Å². The summed E-state index contributed by atoms with van der Waals surface area (Å²) in [7, 11) is 1.35. The molecule has 2 rings (SSSR count). The topological polar surface area (TPSA) is 55.8 Å². The largest absolute Gasteiger partial charge is 0.484 e. The fourth-order valence-corrected chi connectivity index (χ4v) is 2.33. The minimum Gasteiger partial charge on any atom is -0.484 e. The number of carbonyl (C=O) groups excluding carboxylic acids is 2. The lowest BCUT2D eigenvalue weighted by Gasteiger charge is -2.31. The molecule has 1 saturated heterocycles. The highest BCUT2D eigenvalue weighted by Gasteiger charge is 2.29. The summed E-state index contributed by atoms with van der Waals surface area (Å²) in [6, 6.07) is 5.48. The van der Waals surface area contributed by atoms with Gasteiger partial charge in [-0.1, -0.05) is 0 Å². The van der Waals surface area contributed by atoms with Crippen LogP contribution in [0, 0.1) is 11.7 Å². The number of benzene rings is 1. The highest BCUT2D eigenvalue weighted by molar-refractivity contribution is 5.79. The van der Waals surface area contributed by atoms with Gasteiger partial charge in [0.05, 0.1) is 13.0 Å². The molecule has 1 aliphatic heterocycles. The molecule has 1 aliphatic rings. The molecule has 0 aromatic heterocycles. The van der Waals surface area contributed by atoms with E-state index >= 15 is 0 Å². The third kappa shape index (κ3) is 4.18. The van der Waals surface area contributed by atoms with Crippen molar-refractivity contribution in [2.24, 2.45) is 5.92 Å². The van der Waals surface area contributed by atoms with Gasteiger partial charge in [0, 0.05) is 13.1 Å². The Bertz CT molecular complexity index is 503. The van der Waals surface area contributed by atoms with Crippen LogP contribution in [0.2, 0.25) is 0 Å². The minimum absolute atomic E-state index is 0.125. The number of amides is 1. The standard InChI is InChI=1S/C15H18FNO4/c1-20-15(19)11-3-2-8-17(9-11)14(18)10-21-13-6-4-12(16)5-7-13/h4-7,11H,2-3,8-10H2,1H3/t11-/m0/s1. The van der Waals surface area contributed by atoms with Crippen LogP contribution in [-0.4, -0.2) is 43.6 Å². The van der Waals surface area contributed by atoms with Crippen LogP contribution in [-0.2, 0) is 14.3 Å². The maximum atomic E-state index is 12.8. The first-order chi connectivity index (χ1) is 10.1. The van der Waals surface area contributed by atoms with Gasteiger partial charge in [-0.3, -0.25) is 9.59 Å². The molecule has 1 atom stereocenters. The summed E-state index contributed by atoms with van der Waals surface area (Å²) in [6.07, 6.45) is 1.50. The zero-order chi connectivity index (χ0) is 15.2. The first-order valence-corrected chi connectivity index (χ1v) is 6.84. The Labute approximate surface area is 122 Å². The van der Waals surface area contributed by atoms with Gasteiger partial charge >= 0.3 is 5.97 Å². The first kappa shape index (κ1) is 15.3. The molecule has 114 valence electrons. The van der Waals surface area contributed by atoms with Crippen molar-refractivity contribution >= 4 is 11.9 Å². The summed E-state index contributed by atoms with van der Waals surface area (Å²) < 4.78 is 22.8. The molecule has 5 nitrogen and oxygen atoms in total. The SMILES string of the molecule is COC(=O)[C@H]1CCCN(C(=O)COc2ccc(F)cc2)C1. The van der Waals surface area contributed by atoms with Crippen molar-refractivity contribution in [3.8, 4) is 5.75 Å². The van der Waals surface area contributed by atoms with Crippen LogP contribution in [0.3, 0.4) is 0 Å². The maximum Gasteiger partial charge on any atom is 0.310 e. The average molecular weight is 295 g/mol. The molecule has 6 heteroatoms. The summed E-state index contributed by atoms with van der Waals surface area (Å²) in [4.78, 5) is 25.2. The van der Waals surface area contributed by atoms with Crippen molar-refractivity contribution in [1.82, 2.24) is 4.90 Å². The number of nitrogens with zero attached hydrogens (tertiary/aromatic N) is 1. The van der Waals surface area contributed by atoms with Crippen molar-refractivity contribution in [1.29, 1.82) is 0 Å². The van der Waals surface area contributed by atoms with Crippen molar-refractivity contribution in [3.63, 3.8) is 0 Å². The first-order valence-electron chi connectivity index (χ1n) is 6.84. The van der Waals surface area contributed by atoms with E-state index in [0.717, 1.165) is 12.8 Å². The molecule has 1 fully saturated rings. The minimum atomic E-state index is -0.356. The van der Waals surface area contributed by atoms with E-state index in [-0.39, 0.29) is 30.2 Å². The molecular weight excluding hydrogens is 277 g/mol. The van der Waals surface area contributed by atoms with Gasteiger partial charge in [0.1, 0.15) is 11.6 Å². The van der Waals surface area contributed by atoms with Crippen molar-refractivity contribution < 1.29 is 23.5 Å². The van der Waals surface area contributed by atoms with Gasteiger partial charge in [-0.15, -0.1) is 0 Å². The van der Waals surface area contributed by atoms with Gasteiger partial charge in [0.2, 0.25) is 0 Å². The Kier molecular flexibility index (Phi) is 5.14. The number of carbonyl (C=O) groups is 2. The van der Waals surface area contributed by atoms with Gasteiger partial charge in [-0.2, -0.15) is 0 Å². The molecule has 0 spiro atoms. The fourth-order valence-electron chi connectivity index (χ4n) is 2.33. The van der Waals surface area contributed by atoms with Gasteiger partial charge < -0.3 is 14.4 Å². The zero-order valence-electron chi connectivity index (χ0n) is 11.9. The van der Waals surface area contributed by atoms with E-state index in [1.54, 1.807) is 4.90 Å². The summed E-state index contributed by atoms with van der Waals surface area (Å²) in [6.45, 7) is 0.844. The van der Waals surface area contributed by atoms with Crippen LogP contribution < -0.4 is 4.74 Å². The number of halogens is 1. The molecule has 0 bridgehead atoms. The van der Waals surface area contributed by atoms with Crippen molar-refractivity contribution in [3.05, 3.63) is 30.1 Å². The second-order valence-electron chi connectivity index (χ2n) is 4.94. The molecule has 1 amide bonds. The van der Waals surface area contributed by atoms with E-state index in [1.165, 1.54) is 31.4 Å². The highest BCUT2D eigenvalue weighted by Crippen LogP contribution is 2.18. The monoisotopic (exact) mass is 295 g/mol. The molecule has 0 N–H and O–H groups in total.